The second-order valence-electron chi connectivity index (χ2n) is 12.4. The van der Waals surface area contributed by atoms with Crippen LogP contribution in [-0.2, 0) is 16.1 Å². The maximum Gasteiger partial charge on any atom is 0.407 e. The van der Waals surface area contributed by atoms with Crippen LogP contribution in [0.2, 0.25) is 0 Å². The first-order chi connectivity index (χ1) is 21.6. The summed E-state index contributed by atoms with van der Waals surface area (Å²) in [6, 6.07) is 16.8. The molecule has 45 heavy (non-hydrogen) atoms. The Morgan fingerprint density at radius 3 is 2.51 bits per heavy atom. The van der Waals surface area contributed by atoms with Gasteiger partial charge in [-0.25, -0.2) is 24.7 Å². The van der Waals surface area contributed by atoms with Crippen LogP contribution in [0.15, 0.2) is 60.8 Å². The molecule has 1 fully saturated rings. The average Bonchev–Trinajstić information content (AvgIpc) is 3.02. The standard InChI is InChI=1S/C34H43N7O4/c1-22-29(36-20-28(32(42)45-34(3,4)5)40-33(43)44-21-24-10-7-6-8-11-24)37-23(2)38-31(22)41-18-15-25(16-19-41)27-14-13-26-12-9-17-35-30(26)39-27/h6-14,17,25,28,32,42H,15-16,18-21H2,1-5H3,(H,40,43)(H,36,37,38)/t28-,32?/m0/s1. The molecule has 2 atom stereocenters. The van der Waals surface area contributed by atoms with Crippen LogP contribution in [0.4, 0.5) is 16.4 Å². The number of aromatic nitrogens is 4. The molecule has 0 saturated carbocycles. The number of pyridine rings is 2. The molecule has 1 saturated heterocycles. The summed E-state index contributed by atoms with van der Waals surface area (Å²) in [6.45, 7) is 11.3. The van der Waals surface area contributed by atoms with Crippen LogP contribution < -0.4 is 15.5 Å². The van der Waals surface area contributed by atoms with E-state index in [1.165, 1.54) is 0 Å². The first-order valence-electron chi connectivity index (χ1n) is 15.4. The summed E-state index contributed by atoms with van der Waals surface area (Å²) in [5.41, 5.74) is 2.99. The highest BCUT2D eigenvalue weighted by atomic mass is 16.6. The third-order valence-corrected chi connectivity index (χ3v) is 7.75. The smallest absolute Gasteiger partial charge is 0.407 e. The van der Waals surface area contributed by atoms with Crippen LogP contribution in [0.25, 0.3) is 11.0 Å². The largest absolute Gasteiger partial charge is 0.445 e. The Hall–Kier alpha value is -4.35. The van der Waals surface area contributed by atoms with E-state index in [2.05, 4.69) is 37.6 Å². The molecule has 1 amide bonds. The van der Waals surface area contributed by atoms with E-state index in [9.17, 15) is 9.90 Å². The molecule has 4 heterocycles. The number of nitrogens with zero attached hydrogens (tertiary/aromatic N) is 5. The van der Waals surface area contributed by atoms with E-state index >= 15 is 0 Å². The lowest BCUT2D eigenvalue weighted by atomic mass is 9.92. The van der Waals surface area contributed by atoms with Crippen LogP contribution in [0, 0.1) is 13.8 Å². The Bertz CT molecular complexity index is 1590. The second-order valence-corrected chi connectivity index (χ2v) is 12.4. The number of nitrogens with one attached hydrogen (secondary N) is 2. The highest BCUT2D eigenvalue weighted by Crippen LogP contribution is 2.32. The Morgan fingerprint density at radius 1 is 1.02 bits per heavy atom. The number of fused-ring (bicyclic) bond motifs is 1. The van der Waals surface area contributed by atoms with E-state index in [1.54, 1.807) is 6.20 Å². The molecule has 0 spiro atoms. The molecule has 5 rings (SSSR count). The number of carbonyl (C=O) groups is 1. The van der Waals surface area contributed by atoms with Gasteiger partial charge >= 0.3 is 6.09 Å². The first-order valence-corrected chi connectivity index (χ1v) is 15.4. The Kier molecular flexibility index (Phi) is 10.1. The zero-order valence-corrected chi connectivity index (χ0v) is 26.7. The van der Waals surface area contributed by atoms with Crippen molar-refractivity contribution >= 4 is 28.8 Å². The molecule has 4 aromatic rings. The first kappa shape index (κ1) is 32.1. The van der Waals surface area contributed by atoms with Crippen LogP contribution >= 0.6 is 0 Å². The fraction of sp³-hybridized carbons (Fsp3) is 0.441. The maximum atomic E-state index is 12.7. The van der Waals surface area contributed by atoms with Crippen molar-refractivity contribution in [2.45, 2.75) is 77.9 Å². The van der Waals surface area contributed by atoms with Crippen LogP contribution in [0.3, 0.4) is 0 Å². The summed E-state index contributed by atoms with van der Waals surface area (Å²) in [5.74, 6) is 2.48. The molecule has 11 nitrogen and oxygen atoms in total. The lowest BCUT2D eigenvalue weighted by Gasteiger charge is -2.34. The molecule has 1 aliphatic rings. The number of hydrogen-bond acceptors (Lipinski definition) is 10. The van der Waals surface area contributed by atoms with Crippen molar-refractivity contribution < 1.29 is 19.4 Å². The summed E-state index contributed by atoms with van der Waals surface area (Å²) in [5, 5.41) is 18.1. The highest BCUT2D eigenvalue weighted by molar-refractivity contribution is 5.74. The molecule has 3 N–H and O–H groups in total. The summed E-state index contributed by atoms with van der Waals surface area (Å²) >= 11 is 0. The van der Waals surface area contributed by atoms with E-state index in [-0.39, 0.29) is 13.2 Å². The van der Waals surface area contributed by atoms with E-state index in [4.69, 9.17) is 19.4 Å². The van der Waals surface area contributed by atoms with Gasteiger partial charge in [-0.05, 0) is 77.3 Å². The summed E-state index contributed by atoms with van der Waals surface area (Å²) in [7, 11) is 0. The molecule has 1 aliphatic heterocycles. The van der Waals surface area contributed by atoms with Crippen LogP contribution in [0.5, 0.6) is 0 Å². The normalized spacial score (nSPS) is 15.5. The number of ether oxygens (including phenoxy) is 2. The number of alkyl carbamates (subject to hydrolysis) is 1. The highest BCUT2D eigenvalue weighted by Gasteiger charge is 2.29. The lowest BCUT2D eigenvalue weighted by molar-refractivity contribution is -0.177. The van der Waals surface area contributed by atoms with Gasteiger partial charge in [-0.2, -0.15) is 0 Å². The Labute approximate surface area is 264 Å². The van der Waals surface area contributed by atoms with Crippen molar-refractivity contribution in [2.24, 2.45) is 0 Å². The quantitative estimate of drug-likeness (QED) is 0.203. The van der Waals surface area contributed by atoms with Gasteiger partial charge in [-0.3, -0.25) is 0 Å². The van der Waals surface area contributed by atoms with Gasteiger partial charge in [0.1, 0.15) is 30.1 Å². The van der Waals surface area contributed by atoms with Gasteiger partial charge in [0.2, 0.25) is 0 Å². The fourth-order valence-corrected chi connectivity index (χ4v) is 5.47. The number of aryl methyl sites for hydroxylation is 1. The van der Waals surface area contributed by atoms with E-state index in [0.29, 0.717) is 17.6 Å². The van der Waals surface area contributed by atoms with E-state index in [1.807, 2.05) is 77.1 Å². The predicted octanol–water partition coefficient (Wildman–Crippen LogP) is 5.26. The minimum atomic E-state index is -1.29. The monoisotopic (exact) mass is 613 g/mol. The molecule has 238 valence electrons. The zero-order chi connectivity index (χ0) is 32.0. The zero-order valence-electron chi connectivity index (χ0n) is 26.7. The topological polar surface area (TPSA) is 135 Å². The predicted molar refractivity (Wildman–Crippen MR) is 174 cm³/mol. The number of aliphatic hydroxyl groups is 1. The van der Waals surface area contributed by atoms with Gasteiger partial charge in [0.15, 0.2) is 11.9 Å². The number of carbonyl (C=O) groups excluding carboxylic acids is 1. The SMILES string of the molecule is Cc1nc(NC[C@H](NC(=O)OCc2ccccc2)C(O)OC(C)(C)C)c(C)c(N2CCC(c3ccc4cccnc4n3)CC2)n1. The molecular weight excluding hydrogens is 570 g/mol. The summed E-state index contributed by atoms with van der Waals surface area (Å²) in [6.07, 6.45) is 1.73. The minimum absolute atomic E-state index is 0.112. The van der Waals surface area contributed by atoms with Gasteiger partial charge < -0.3 is 30.1 Å². The molecule has 1 aromatic carbocycles. The molecule has 11 heteroatoms. The Balaban J connectivity index is 1.24. The lowest BCUT2D eigenvalue weighted by Crippen LogP contribution is -2.50. The van der Waals surface area contributed by atoms with Crippen molar-refractivity contribution in [1.82, 2.24) is 25.3 Å². The number of hydrogen-bond donors (Lipinski definition) is 3. The van der Waals surface area contributed by atoms with Gasteiger partial charge in [0.05, 0.1) is 5.60 Å². The number of amides is 1. The second kappa shape index (κ2) is 14.2. The summed E-state index contributed by atoms with van der Waals surface area (Å²) in [4.78, 5) is 33.7. The van der Waals surface area contributed by atoms with Crippen molar-refractivity contribution in [1.29, 1.82) is 0 Å². The number of anilines is 2. The number of piperidine rings is 1. The van der Waals surface area contributed by atoms with E-state index in [0.717, 1.165) is 59.6 Å². The number of rotatable bonds is 10. The maximum absolute atomic E-state index is 12.7. The minimum Gasteiger partial charge on any atom is -0.445 e. The number of benzene rings is 1. The molecule has 0 bridgehead atoms. The van der Waals surface area contributed by atoms with Gasteiger partial charge in [-0.1, -0.05) is 30.3 Å². The third-order valence-electron chi connectivity index (χ3n) is 7.75. The average molecular weight is 614 g/mol. The van der Waals surface area contributed by atoms with Crippen LogP contribution in [0.1, 0.15) is 62.2 Å². The van der Waals surface area contributed by atoms with Gasteiger partial charge in [-0.15, -0.1) is 0 Å². The molecule has 3 aromatic heterocycles. The van der Waals surface area contributed by atoms with Crippen molar-refractivity contribution in [3.63, 3.8) is 0 Å². The van der Waals surface area contributed by atoms with Gasteiger partial charge in [0, 0.05) is 48.4 Å². The fourth-order valence-electron chi connectivity index (χ4n) is 5.47. The van der Waals surface area contributed by atoms with Crippen molar-refractivity contribution in [3.05, 3.63) is 83.4 Å². The molecule has 0 aliphatic carbocycles. The van der Waals surface area contributed by atoms with Gasteiger partial charge in [0.25, 0.3) is 0 Å². The molecule has 0 radical (unpaired) electrons. The summed E-state index contributed by atoms with van der Waals surface area (Å²) < 4.78 is 11.2. The number of aliphatic hydroxyl groups excluding tert-OH is 1. The van der Waals surface area contributed by atoms with Crippen molar-refractivity contribution in [2.75, 3.05) is 29.9 Å². The van der Waals surface area contributed by atoms with E-state index < -0.39 is 24.0 Å². The Morgan fingerprint density at radius 2 is 1.78 bits per heavy atom. The third kappa shape index (κ3) is 8.64. The molecular formula is C34H43N7O4. The van der Waals surface area contributed by atoms with Crippen LogP contribution in [-0.4, -0.2) is 68.7 Å². The molecule has 1 unspecified atom stereocenters. The van der Waals surface area contributed by atoms with Crippen molar-refractivity contribution in [3.8, 4) is 0 Å².